The smallest absolute Gasteiger partial charge is 0.419 e. The monoisotopic (exact) mass is 871 g/mol. The second kappa shape index (κ2) is 17.5. The Labute approximate surface area is 354 Å². The van der Waals surface area contributed by atoms with Gasteiger partial charge in [-0.05, 0) is 76.6 Å². The van der Waals surface area contributed by atoms with Gasteiger partial charge >= 0.3 is 6.18 Å². The van der Waals surface area contributed by atoms with Crippen LogP contribution in [0.2, 0.25) is 0 Å². The molecule has 3 N–H and O–H groups in total. The van der Waals surface area contributed by atoms with Gasteiger partial charge in [-0.15, -0.1) is 12.6 Å². The van der Waals surface area contributed by atoms with E-state index in [0.29, 0.717) is 50.4 Å². The molecule has 2 aromatic carbocycles. The minimum absolute atomic E-state index is 0.0215. The summed E-state index contributed by atoms with van der Waals surface area (Å²) in [6.07, 6.45) is -3.38. The summed E-state index contributed by atoms with van der Waals surface area (Å²) in [5, 5.41) is 17.5. The van der Waals surface area contributed by atoms with Gasteiger partial charge in [-0.1, -0.05) is 6.07 Å². The molecule has 3 saturated heterocycles. The molecule has 3 aromatic rings. The molecule has 0 spiro atoms. The van der Waals surface area contributed by atoms with E-state index in [0.717, 1.165) is 11.1 Å². The Balaban J connectivity index is 1.07. The molecule has 1 unspecified atom stereocenters. The average molecular weight is 872 g/mol. The van der Waals surface area contributed by atoms with Gasteiger partial charge in [-0.3, -0.25) is 39.2 Å². The van der Waals surface area contributed by atoms with Crippen molar-refractivity contribution in [3.05, 3.63) is 71.5 Å². The summed E-state index contributed by atoms with van der Waals surface area (Å²) in [6, 6.07) is 12.4. The summed E-state index contributed by atoms with van der Waals surface area (Å²) in [5.74, 6) is -5.11. The highest BCUT2D eigenvalue weighted by molar-refractivity contribution is 7.81. The van der Waals surface area contributed by atoms with Crippen LogP contribution in [0.3, 0.4) is 0 Å². The molecular formula is C41H46F5N9O5S. The summed E-state index contributed by atoms with van der Waals surface area (Å²) >= 11 is 4.56. The number of anilines is 4. The third kappa shape index (κ3) is 9.84. The van der Waals surface area contributed by atoms with Gasteiger partial charge in [0.05, 0.1) is 29.6 Å². The van der Waals surface area contributed by atoms with Gasteiger partial charge in [0.25, 0.3) is 11.8 Å². The van der Waals surface area contributed by atoms with E-state index in [2.05, 4.69) is 38.5 Å². The molecule has 0 radical (unpaired) electrons. The number of piperazine rings is 1. The van der Waals surface area contributed by atoms with Gasteiger partial charge in [0.15, 0.2) is 11.2 Å². The van der Waals surface area contributed by atoms with Crippen LogP contribution in [0.4, 0.5) is 44.7 Å². The zero-order chi connectivity index (χ0) is 44.6. The number of pyridine rings is 1. The number of nitriles is 1. The second-order valence-corrected chi connectivity index (χ2v) is 16.4. The van der Waals surface area contributed by atoms with Crippen LogP contribution < -0.4 is 30.5 Å². The van der Waals surface area contributed by atoms with Gasteiger partial charge in [-0.2, -0.15) is 18.4 Å². The Morgan fingerprint density at radius 1 is 1.00 bits per heavy atom. The number of hydrogen-bond donors (Lipinski definition) is 4. The summed E-state index contributed by atoms with van der Waals surface area (Å²) in [7, 11) is 0. The predicted molar refractivity (Wildman–Crippen MR) is 219 cm³/mol. The average Bonchev–Trinajstić information content (AvgIpc) is 3.35. The number of ether oxygens (including phenoxy) is 1. The molecule has 4 atom stereocenters. The van der Waals surface area contributed by atoms with Crippen molar-refractivity contribution in [3.63, 3.8) is 0 Å². The molecule has 20 heteroatoms. The molecule has 4 heterocycles. The molecule has 4 amide bonds. The van der Waals surface area contributed by atoms with E-state index in [9.17, 15) is 37.6 Å². The lowest BCUT2D eigenvalue weighted by Gasteiger charge is -2.43. The molecule has 326 valence electrons. The van der Waals surface area contributed by atoms with Gasteiger partial charge in [0.1, 0.15) is 30.0 Å². The maximum atomic E-state index is 15.2. The van der Waals surface area contributed by atoms with E-state index in [4.69, 9.17) is 4.74 Å². The molecule has 0 aliphatic carbocycles. The van der Waals surface area contributed by atoms with Crippen molar-refractivity contribution >= 4 is 59.0 Å². The van der Waals surface area contributed by atoms with Crippen molar-refractivity contribution in [3.8, 4) is 11.8 Å². The van der Waals surface area contributed by atoms with Crippen molar-refractivity contribution < 1.29 is 45.9 Å². The lowest BCUT2D eigenvalue weighted by molar-refractivity contribution is -0.138. The SMILES string of the molecule is C[C@@H]1CN(CC(=O)Nc2cccc(NC3CCC(=O)NC3=O)c2)[C@H](C)CN1CCOc1ccc(N2[C@@H](S)N(c3cnc(C#N)c(C(F)(F)F)c3)C(=O)C2(C)C)cc1C(C)(F)F. The molecule has 1 aromatic heterocycles. The first-order valence-corrected chi connectivity index (χ1v) is 20.0. The Bertz CT molecular complexity index is 2230. The van der Waals surface area contributed by atoms with Crippen molar-refractivity contribution in [1.29, 1.82) is 5.26 Å². The Morgan fingerprint density at radius 2 is 1.67 bits per heavy atom. The maximum absolute atomic E-state index is 15.2. The maximum Gasteiger partial charge on any atom is 0.419 e. The molecule has 3 aliphatic heterocycles. The number of nitrogens with zero attached hydrogens (tertiary/aromatic N) is 6. The van der Waals surface area contributed by atoms with Crippen molar-refractivity contribution in [2.45, 2.75) is 88.7 Å². The van der Waals surface area contributed by atoms with Crippen molar-refractivity contribution in [2.75, 3.05) is 53.2 Å². The van der Waals surface area contributed by atoms with Gasteiger partial charge < -0.3 is 20.3 Å². The number of hydrogen-bond acceptors (Lipinski definition) is 12. The largest absolute Gasteiger partial charge is 0.492 e. The highest BCUT2D eigenvalue weighted by Crippen LogP contribution is 2.45. The lowest BCUT2D eigenvalue weighted by atomic mass is 10.0. The number of aromatic nitrogens is 1. The topological polar surface area (TPSA) is 163 Å². The lowest BCUT2D eigenvalue weighted by Crippen LogP contribution is -2.58. The fourth-order valence-corrected chi connectivity index (χ4v) is 8.48. The predicted octanol–water partition coefficient (Wildman–Crippen LogP) is 5.56. The summed E-state index contributed by atoms with van der Waals surface area (Å²) in [5.41, 5.74) is -4.34. The minimum Gasteiger partial charge on any atom is -0.492 e. The normalized spacial score (nSPS) is 22.5. The third-order valence-electron chi connectivity index (χ3n) is 11.0. The fraction of sp³-hybridized carbons (Fsp3) is 0.463. The number of carbonyl (C=O) groups excluding carboxylic acids is 4. The Kier molecular flexibility index (Phi) is 12.9. The standard InChI is InChI=1S/C41H46F5N9O5S/c1-23-21-53(22-35(57)50-26-8-6-7-25(15-26)49-31-10-12-34(56)51-36(31)58)24(2)20-52(23)13-14-60-33-11-9-27(16-30(33)40(5,42)43)55-38(61)54(37(59)39(55,3)4)28-17-29(41(44,45)46)32(18-47)48-19-28/h6-9,11,15-17,19,23-24,31,38,49,61H,10,12-14,20-22H2,1-5H3,(H,50,57)(H,51,56,58)/t23-,24-,31?,38+/m1/s1. The van der Waals surface area contributed by atoms with Crippen molar-refractivity contribution in [1.82, 2.24) is 20.1 Å². The summed E-state index contributed by atoms with van der Waals surface area (Å²) in [4.78, 5) is 60.7. The minimum atomic E-state index is -4.93. The van der Waals surface area contributed by atoms with Gasteiger partial charge in [0.2, 0.25) is 17.7 Å². The molecule has 61 heavy (non-hydrogen) atoms. The number of halogens is 5. The van der Waals surface area contributed by atoms with E-state index in [-0.39, 0.29) is 60.6 Å². The van der Waals surface area contributed by atoms with Crippen molar-refractivity contribution in [2.24, 2.45) is 0 Å². The van der Waals surface area contributed by atoms with Crippen LogP contribution >= 0.6 is 12.6 Å². The fourth-order valence-electron chi connectivity index (χ4n) is 7.82. The molecule has 0 bridgehead atoms. The van der Waals surface area contributed by atoms with Crippen LogP contribution in [0, 0.1) is 11.3 Å². The van der Waals surface area contributed by atoms with Crippen LogP contribution in [0.1, 0.15) is 64.3 Å². The molecule has 3 aliphatic rings. The van der Waals surface area contributed by atoms with E-state index in [1.54, 1.807) is 24.3 Å². The number of rotatable bonds is 12. The summed E-state index contributed by atoms with van der Waals surface area (Å²) in [6.45, 7) is 9.33. The highest BCUT2D eigenvalue weighted by atomic mass is 32.1. The Hall–Kier alpha value is -5.52. The first-order valence-electron chi connectivity index (χ1n) is 19.5. The Morgan fingerprint density at radius 3 is 2.34 bits per heavy atom. The number of piperidine rings is 1. The molecule has 3 fully saturated rings. The van der Waals surface area contributed by atoms with E-state index in [1.165, 1.54) is 43.0 Å². The summed E-state index contributed by atoms with van der Waals surface area (Å²) < 4.78 is 77.7. The third-order valence-corrected chi connectivity index (χ3v) is 11.5. The number of alkyl halides is 5. The first-order chi connectivity index (χ1) is 28.6. The van der Waals surface area contributed by atoms with Crippen LogP contribution in [0.25, 0.3) is 0 Å². The van der Waals surface area contributed by atoms with Crippen LogP contribution in [0.5, 0.6) is 5.75 Å². The number of amides is 4. The molecule has 0 saturated carbocycles. The quantitative estimate of drug-likeness (QED) is 0.103. The van der Waals surface area contributed by atoms with Gasteiger partial charge in [0, 0.05) is 62.1 Å². The molecular weight excluding hydrogens is 826 g/mol. The number of benzene rings is 2. The zero-order valence-corrected chi connectivity index (χ0v) is 34.9. The molecule has 14 nitrogen and oxygen atoms in total. The zero-order valence-electron chi connectivity index (χ0n) is 34.0. The number of imide groups is 1. The van der Waals surface area contributed by atoms with E-state index < -0.39 is 57.8 Å². The highest BCUT2D eigenvalue weighted by Gasteiger charge is 2.52. The van der Waals surface area contributed by atoms with E-state index in [1.807, 2.05) is 18.7 Å². The van der Waals surface area contributed by atoms with Gasteiger partial charge in [-0.25, -0.2) is 13.8 Å². The number of thiol groups is 1. The second-order valence-electron chi connectivity index (χ2n) is 16.0. The van der Waals surface area contributed by atoms with Crippen LogP contribution in [-0.4, -0.2) is 100 Å². The first kappa shape index (κ1) is 45.0. The van der Waals surface area contributed by atoms with Crippen LogP contribution in [0.15, 0.2) is 54.7 Å². The molecule has 6 rings (SSSR count). The number of nitrogens with one attached hydrogen (secondary N) is 3. The number of carbonyl (C=O) groups is 4. The van der Waals surface area contributed by atoms with Crippen LogP contribution in [-0.2, 0) is 31.3 Å². The van der Waals surface area contributed by atoms with E-state index >= 15 is 8.78 Å².